The van der Waals surface area contributed by atoms with Crippen molar-refractivity contribution >= 4 is 33.2 Å². The summed E-state index contributed by atoms with van der Waals surface area (Å²) in [6.07, 6.45) is 0. The molecule has 1 heterocycles. The average Bonchev–Trinajstić information content (AvgIpc) is 2.79. The normalized spacial score (nSPS) is 18.8. The summed E-state index contributed by atoms with van der Waals surface area (Å²) in [5.41, 5.74) is 3.42. The van der Waals surface area contributed by atoms with Crippen LogP contribution in [0, 0.1) is 19.8 Å². The van der Waals surface area contributed by atoms with Gasteiger partial charge in [-0.25, -0.2) is 12.7 Å². The van der Waals surface area contributed by atoms with Crippen molar-refractivity contribution in [1.82, 2.24) is 0 Å². The first-order valence-electron chi connectivity index (χ1n) is 8.25. The molecule has 136 valence electrons. The zero-order valence-electron chi connectivity index (χ0n) is 14.8. The van der Waals surface area contributed by atoms with E-state index in [4.69, 9.17) is 0 Å². The first-order chi connectivity index (χ1) is 12.2. The van der Waals surface area contributed by atoms with E-state index in [-0.39, 0.29) is 17.3 Å². The highest BCUT2D eigenvalue weighted by Gasteiger charge is 2.41. The zero-order chi connectivity index (χ0) is 19.1. The Morgan fingerprint density at radius 2 is 1.77 bits per heavy atom. The molecule has 0 bridgehead atoms. The van der Waals surface area contributed by atoms with Crippen molar-refractivity contribution in [1.29, 1.82) is 0 Å². The molecule has 2 aromatic carbocycles. The molecule has 0 spiro atoms. The maximum absolute atomic E-state index is 12.4. The summed E-state index contributed by atoms with van der Waals surface area (Å²) in [4.78, 5) is 24.6. The molecule has 1 saturated heterocycles. The van der Waals surface area contributed by atoms with Crippen LogP contribution >= 0.6 is 0 Å². The Morgan fingerprint density at radius 3 is 2.35 bits per heavy atom. The van der Waals surface area contributed by atoms with Crippen LogP contribution in [-0.4, -0.2) is 26.0 Å². The van der Waals surface area contributed by atoms with Crippen LogP contribution < -0.4 is 9.62 Å². The molecule has 26 heavy (non-hydrogen) atoms. The van der Waals surface area contributed by atoms with Crippen molar-refractivity contribution in [2.24, 2.45) is 5.92 Å². The number of carbonyl (C=O) groups excluding carboxylic acids is 2. The van der Waals surface area contributed by atoms with E-state index in [1.54, 1.807) is 6.92 Å². The van der Waals surface area contributed by atoms with Gasteiger partial charge < -0.3 is 5.32 Å². The van der Waals surface area contributed by atoms with Crippen LogP contribution in [0.3, 0.4) is 0 Å². The number of carbonyl (C=O) groups is 2. The third kappa shape index (κ3) is 3.22. The maximum atomic E-state index is 12.4. The lowest BCUT2D eigenvalue weighted by atomic mass is 10.1. The number of nitrogens with zero attached hydrogens (tertiary/aromatic N) is 1. The van der Waals surface area contributed by atoms with Gasteiger partial charge in [0.15, 0.2) is 0 Å². The van der Waals surface area contributed by atoms with Gasteiger partial charge >= 0.3 is 0 Å². The van der Waals surface area contributed by atoms with Gasteiger partial charge in [-0.3, -0.25) is 9.59 Å². The molecule has 3 rings (SSSR count). The molecule has 1 atom stereocenters. The molecule has 2 aromatic rings. The highest BCUT2D eigenvalue weighted by molar-refractivity contribution is 7.94. The SMILES string of the molecule is Cc1cccc(NC(=O)c2ccc(N3C(=O)[C@@H](C)CS3(=O)=O)cc2)c1C. The summed E-state index contributed by atoms with van der Waals surface area (Å²) in [5, 5.41) is 2.85. The second kappa shape index (κ2) is 6.57. The number of benzene rings is 2. The van der Waals surface area contributed by atoms with Gasteiger partial charge in [0.1, 0.15) is 0 Å². The molecule has 0 unspecified atom stereocenters. The molecular formula is C19H20N2O4S. The summed E-state index contributed by atoms with van der Waals surface area (Å²) < 4.78 is 25.1. The van der Waals surface area contributed by atoms with Crippen LogP contribution in [-0.2, 0) is 14.8 Å². The minimum Gasteiger partial charge on any atom is -0.322 e. The predicted octanol–water partition coefficient (Wildman–Crippen LogP) is 2.87. The van der Waals surface area contributed by atoms with E-state index in [0.29, 0.717) is 5.56 Å². The molecule has 0 aliphatic carbocycles. The fourth-order valence-electron chi connectivity index (χ4n) is 2.92. The molecule has 0 radical (unpaired) electrons. The van der Waals surface area contributed by atoms with Gasteiger partial charge in [0.25, 0.3) is 5.91 Å². The Bertz CT molecular complexity index is 981. The Morgan fingerprint density at radius 1 is 1.12 bits per heavy atom. The summed E-state index contributed by atoms with van der Waals surface area (Å²) in [6, 6.07) is 11.6. The first-order valence-corrected chi connectivity index (χ1v) is 9.86. The van der Waals surface area contributed by atoms with Gasteiger partial charge in [-0.05, 0) is 55.3 Å². The predicted molar refractivity (Wildman–Crippen MR) is 101 cm³/mol. The lowest BCUT2D eigenvalue weighted by Crippen LogP contribution is -2.30. The van der Waals surface area contributed by atoms with E-state index >= 15 is 0 Å². The molecule has 7 heteroatoms. The monoisotopic (exact) mass is 372 g/mol. The number of nitrogens with one attached hydrogen (secondary N) is 1. The summed E-state index contributed by atoms with van der Waals surface area (Å²) >= 11 is 0. The molecule has 6 nitrogen and oxygen atoms in total. The number of anilines is 2. The summed E-state index contributed by atoms with van der Waals surface area (Å²) in [6.45, 7) is 5.49. The molecular weight excluding hydrogens is 352 g/mol. The molecule has 0 aromatic heterocycles. The highest BCUT2D eigenvalue weighted by Crippen LogP contribution is 2.28. The van der Waals surface area contributed by atoms with Crippen LogP contribution in [0.2, 0.25) is 0 Å². The standard InChI is InChI=1S/C19H20N2O4S/c1-12-5-4-6-17(14(12)3)20-18(22)15-7-9-16(10-8-15)21-19(23)13(2)11-26(21,24)25/h4-10,13H,11H2,1-3H3,(H,20,22)/t13-/m0/s1. The smallest absolute Gasteiger partial charge is 0.255 e. The number of sulfonamides is 1. The number of aryl methyl sites for hydroxylation is 1. The molecule has 0 saturated carbocycles. The average molecular weight is 372 g/mol. The van der Waals surface area contributed by atoms with Crippen molar-refractivity contribution in [3.63, 3.8) is 0 Å². The fourth-order valence-corrected chi connectivity index (χ4v) is 4.74. The van der Waals surface area contributed by atoms with Gasteiger partial charge in [0.05, 0.1) is 17.4 Å². The van der Waals surface area contributed by atoms with E-state index < -0.39 is 21.8 Å². The van der Waals surface area contributed by atoms with E-state index in [1.807, 2.05) is 32.0 Å². The van der Waals surface area contributed by atoms with Gasteiger partial charge in [-0.2, -0.15) is 0 Å². The van der Waals surface area contributed by atoms with E-state index in [0.717, 1.165) is 21.1 Å². The Kier molecular flexibility index (Phi) is 4.58. The number of hydrogen-bond acceptors (Lipinski definition) is 4. The highest BCUT2D eigenvalue weighted by atomic mass is 32.2. The van der Waals surface area contributed by atoms with E-state index in [1.165, 1.54) is 24.3 Å². The van der Waals surface area contributed by atoms with E-state index in [9.17, 15) is 18.0 Å². The summed E-state index contributed by atoms with van der Waals surface area (Å²) in [7, 11) is -3.65. The zero-order valence-corrected chi connectivity index (χ0v) is 15.6. The van der Waals surface area contributed by atoms with Crippen molar-refractivity contribution in [2.75, 3.05) is 15.4 Å². The van der Waals surface area contributed by atoms with Gasteiger partial charge in [-0.1, -0.05) is 19.1 Å². The lowest BCUT2D eigenvalue weighted by molar-refractivity contribution is -0.119. The second-order valence-electron chi connectivity index (χ2n) is 6.53. The van der Waals surface area contributed by atoms with Crippen molar-refractivity contribution in [2.45, 2.75) is 20.8 Å². The lowest BCUT2D eigenvalue weighted by Gasteiger charge is -2.16. The van der Waals surface area contributed by atoms with Gasteiger partial charge in [0.2, 0.25) is 15.9 Å². The Labute approximate surface area is 152 Å². The van der Waals surface area contributed by atoms with Gasteiger partial charge in [0, 0.05) is 11.3 Å². The Hall–Kier alpha value is -2.67. The van der Waals surface area contributed by atoms with Crippen LogP contribution in [0.5, 0.6) is 0 Å². The van der Waals surface area contributed by atoms with Crippen LogP contribution in [0.1, 0.15) is 28.4 Å². The fraction of sp³-hybridized carbons (Fsp3) is 0.263. The minimum absolute atomic E-state index is 0.194. The quantitative estimate of drug-likeness (QED) is 0.898. The summed E-state index contributed by atoms with van der Waals surface area (Å²) in [5.74, 6) is -1.50. The number of amides is 2. The molecule has 2 amide bonds. The third-order valence-corrected chi connectivity index (χ3v) is 6.45. The topological polar surface area (TPSA) is 83.6 Å². The first kappa shape index (κ1) is 18.1. The maximum Gasteiger partial charge on any atom is 0.255 e. The second-order valence-corrected chi connectivity index (χ2v) is 8.39. The number of hydrogen-bond donors (Lipinski definition) is 1. The Balaban J connectivity index is 1.83. The van der Waals surface area contributed by atoms with Crippen molar-refractivity contribution in [3.8, 4) is 0 Å². The van der Waals surface area contributed by atoms with Gasteiger partial charge in [-0.15, -0.1) is 0 Å². The van der Waals surface area contributed by atoms with Crippen LogP contribution in [0.4, 0.5) is 11.4 Å². The van der Waals surface area contributed by atoms with Crippen LogP contribution in [0.15, 0.2) is 42.5 Å². The van der Waals surface area contributed by atoms with Crippen molar-refractivity contribution in [3.05, 3.63) is 59.2 Å². The largest absolute Gasteiger partial charge is 0.322 e. The minimum atomic E-state index is -3.65. The third-order valence-electron chi connectivity index (χ3n) is 4.58. The number of rotatable bonds is 3. The molecule has 1 N–H and O–H groups in total. The van der Waals surface area contributed by atoms with Crippen LogP contribution in [0.25, 0.3) is 0 Å². The molecule has 1 aliphatic rings. The van der Waals surface area contributed by atoms with Crippen molar-refractivity contribution < 1.29 is 18.0 Å². The molecule has 1 aliphatic heterocycles. The van der Waals surface area contributed by atoms with E-state index in [2.05, 4.69) is 5.32 Å². The molecule has 1 fully saturated rings.